The van der Waals surface area contributed by atoms with E-state index in [0.29, 0.717) is 12.1 Å². The molecule has 0 heterocycles. The van der Waals surface area contributed by atoms with Gasteiger partial charge >= 0.3 is 5.97 Å². The average molecular weight is 269 g/mol. The molecule has 2 rings (SSSR count). The summed E-state index contributed by atoms with van der Waals surface area (Å²) < 4.78 is 0. The molecule has 0 aliphatic heterocycles. The van der Waals surface area contributed by atoms with Gasteiger partial charge in [0.15, 0.2) is 0 Å². The summed E-state index contributed by atoms with van der Waals surface area (Å²) in [7, 11) is 0. The minimum atomic E-state index is -0.883. The number of rotatable bonds is 5. The number of nitrogens with one attached hydrogen (secondary N) is 1. The number of carboxylic acids is 1. The molecule has 0 spiro atoms. The molecule has 0 aliphatic carbocycles. The Morgan fingerprint density at radius 2 is 1.80 bits per heavy atom. The van der Waals surface area contributed by atoms with Crippen LogP contribution in [0.3, 0.4) is 0 Å². The fourth-order valence-corrected chi connectivity index (χ4v) is 2.33. The second-order valence-corrected chi connectivity index (χ2v) is 4.92. The zero-order valence-corrected chi connectivity index (χ0v) is 11.8. The highest BCUT2D eigenvalue weighted by Gasteiger charge is 2.11. The fourth-order valence-electron chi connectivity index (χ4n) is 2.33. The summed E-state index contributed by atoms with van der Waals surface area (Å²) in [5, 5.41) is 12.6. The van der Waals surface area contributed by atoms with Crippen LogP contribution in [-0.2, 0) is 6.54 Å². The van der Waals surface area contributed by atoms with E-state index < -0.39 is 5.97 Å². The molecular formula is C17H19NO2. The third kappa shape index (κ3) is 3.25. The van der Waals surface area contributed by atoms with E-state index in [9.17, 15) is 4.79 Å². The standard InChI is InChI=1S/C17H19NO2/c1-12-7-3-5-9-15(12)13(2)18-11-14-8-4-6-10-16(14)17(19)20/h3-10,13,18H,11H2,1-2H3,(H,19,20). The number of hydrogen-bond donors (Lipinski definition) is 2. The predicted molar refractivity (Wildman–Crippen MR) is 79.8 cm³/mol. The Labute approximate surface area is 119 Å². The van der Waals surface area contributed by atoms with Gasteiger partial charge in [-0.3, -0.25) is 0 Å². The average Bonchev–Trinajstić information content (AvgIpc) is 2.45. The summed E-state index contributed by atoms with van der Waals surface area (Å²) in [4.78, 5) is 11.2. The van der Waals surface area contributed by atoms with Crippen molar-refractivity contribution in [3.63, 3.8) is 0 Å². The van der Waals surface area contributed by atoms with E-state index in [1.165, 1.54) is 11.1 Å². The quantitative estimate of drug-likeness (QED) is 0.872. The molecule has 20 heavy (non-hydrogen) atoms. The molecule has 0 aliphatic rings. The SMILES string of the molecule is Cc1ccccc1C(C)NCc1ccccc1C(=O)O. The summed E-state index contributed by atoms with van der Waals surface area (Å²) in [5.74, 6) is -0.883. The number of carbonyl (C=O) groups is 1. The predicted octanol–water partition coefficient (Wildman–Crippen LogP) is 3.54. The van der Waals surface area contributed by atoms with Crippen LogP contribution in [0, 0.1) is 6.92 Å². The van der Waals surface area contributed by atoms with Gasteiger partial charge in [-0.1, -0.05) is 42.5 Å². The van der Waals surface area contributed by atoms with Gasteiger partial charge in [-0.25, -0.2) is 4.79 Å². The summed E-state index contributed by atoms with van der Waals surface area (Å²) >= 11 is 0. The molecule has 0 radical (unpaired) electrons. The van der Waals surface area contributed by atoms with Crippen LogP contribution < -0.4 is 5.32 Å². The van der Waals surface area contributed by atoms with Crippen LogP contribution in [0.1, 0.15) is 40.0 Å². The van der Waals surface area contributed by atoms with E-state index in [0.717, 1.165) is 5.56 Å². The summed E-state index contributed by atoms with van der Waals surface area (Å²) in [5.41, 5.74) is 3.64. The first-order chi connectivity index (χ1) is 9.59. The zero-order valence-electron chi connectivity index (χ0n) is 11.8. The zero-order chi connectivity index (χ0) is 14.5. The van der Waals surface area contributed by atoms with Crippen LogP contribution in [0.25, 0.3) is 0 Å². The molecule has 0 bridgehead atoms. The maximum absolute atomic E-state index is 11.2. The van der Waals surface area contributed by atoms with Gasteiger partial charge in [-0.15, -0.1) is 0 Å². The van der Waals surface area contributed by atoms with E-state index in [4.69, 9.17) is 5.11 Å². The van der Waals surface area contributed by atoms with Crippen LogP contribution in [0.5, 0.6) is 0 Å². The minimum Gasteiger partial charge on any atom is -0.478 e. The first kappa shape index (κ1) is 14.3. The second-order valence-electron chi connectivity index (χ2n) is 4.92. The van der Waals surface area contributed by atoms with Crippen molar-refractivity contribution in [2.75, 3.05) is 0 Å². The van der Waals surface area contributed by atoms with Crippen LogP contribution in [0.2, 0.25) is 0 Å². The Bertz CT molecular complexity index is 607. The molecule has 0 saturated carbocycles. The van der Waals surface area contributed by atoms with Crippen molar-refractivity contribution in [1.29, 1.82) is 0 Å². The molecule has 0 fully saturated rings. The van der Waals surface area contributed by atoms with Gasteiger partial charge < -0.3 is 10.4 Å². The van der Waals surface area contributed by atoms with E-state index in [1.54, 1.807) is 12.1 Å². The number of carboxylic acid groups (broad SMARTS) is 1. The molecule has 0 aromatic heterocycles. The van der Waals surface area contributed by atoms with Gasteiger partial charge in [-0.05, 0) is 36.6 Å². The molecule has 2 aromatic rings. The smallest absolute Gasteiger partial charge is 0.336 e. The van der Waals surface area contributed by atoms with Crippen LogP contribution in [0.15, 0.2) is 48.5 Å². The summed E-state index contributed by atoms with van der Waals surface area (Å²) in [6.07, 6.45) is 0. The second kappa shape index (κ2) is 6.35. The summed E-state index contributed by atoms with van der Waals surface area (Å²) in [6, 6.07) is 15.5. The van der Waals surface area contributed by atoms with Crippen molar-refractivity contribution in [2.24, 2.45) is 0 Å². The molecule has 0 saturated heterocycles. The molecule has 3 nitrogen and oxygen atoms in total. The van der Waals surface area contributed by atoms with Crippen molar-refractivity contribution in [2.45, 2.75) is 26.4 Å². The molecule has 3 heteroatoms. The maximum Gasteiger partial charge on any atom is 0.336 e. The third-order valence-electron chi connectivity index (χ3n) is 3.50. The number of benzene rings is 2. The lowest BCUT2D eigenvalue weighted by atomic mass is 10.0. The number of aromatic carboxylic acids is 1. The van der Waals surface area contributed by atoms with Gasteiger partial charge in [0, 0.05) is 12.6 Å². The van der Waals surface area contributed by atoms with Gasteiger partial charge in [0.1, 0.15) is 0 Å². The monoisotopic (exact) mass is 269 g/mol. The first-order valence-corrected chi connectivity index (χ1v) is 6.69. The van der Waals surface area contributed by atoms with E-state index in [1.807, 2.05) is 24.3 Å². The molecule has 0 amide bonds. The van der Waals surface area contributed by atoms with Crippen LogP contribution in [-0.4, -0.2) is 11.1 Å². The van der Waals surface area contributed by atoms with E-state index >= 15 is 0 Å². The largest absolute Gasteiger partial charge is 0.478 e. The van der Waals surface area contributed by atoms with Crippen molar-refractivity contribution in [3.8, 4) is 0 Å². The molecule has 1 unspecified atom stereocenters. The molecule has 1 atom stereocenters. The minimum absolute atomic E-state index is 0.179. The highest BCUT2D eigenvalue weighted by Crippen LogP contribution is 2.18. The Balaban J connectivity index is 2.10. The first-order valence-electron chi connectivity index (χ1n) is 6.69. The van der Waals surface area contributed by atoms with Crippen LogP contribution in [0.4, 0.5) is 0 Å². The highest BCUT2D eigenvalue weighted by molar-refractivity contribution is 5.89. The Morgan fingerprint density at radius 3 is 2.50 bits per heavy atom. The third-order valence-corrected chi connectivity index (χ3v) is 3.50. The number of aryl methyl sites for hydroxylation is 1. The van der Waals surface area contributed by atoms with Crippen molar-refractivity contribution < 1.29 is 9.90 Å². The Hall–Kier alpha value is -2.13. The van der Waals surface area contributed by atoms with Crippen molar-refractivity contribution in [3.05, 3.63) is 70.8 Å². The topological polar surface area (TPSA) is 49.3 Å². The van der Waals surface area contributed by atoms with E-state index in [-0.39, 0.29) is 6.04 Å². The lowest BCUT2D eigenvalue weighted by Crippen LogP contribution is -2.20. The molecule has 104 valence electrons. The lowest BCUT2D eigenvalue weighted by molar-refractivity contribution is 0.0695. The van der Waals surface area contributed by atoms with Crippen molar-refractivity contribution in [1.82, 2.24) is 5.32 Å². The lowest BCUT2D eigenvalue weighted by Gasteiger charge is -2.17. The van der Waals surface area contributed by atoms with Crippen molar-refractivity contribution >= 4 is 5.97 Å². The normalized spacial score (nSPS) is 12.1. The van der Waals surface area contributed by atoms with Gasteiger partial charge in [-0.2, -0.15) is 0 Å². The molecule has 2 aromatic carbocycles. The van der Waals surface area contributed by atoms with E-state index in [2.05, 4.69) is 31.3 Å². The highest BCUT2D eigenvalue weighted by atomic mass is 16.4. The molecular weight excluding hydrogens is 250 g/mol. The van der Waals surface area contributed by atoms with Crippen LogP contribution >= 0.6 is 0 Å². The molecule has 2 N–H and O–H groups in total. The van der Waals surface area contributed by atoms with Gasteiger partial charge in [0.2, 0.25) is 0 Å². The summed E-state index contributed by atoms with van der Waals surface area (Å²) in [6.45, 7) is 4.71. The van der Waals surface area contributed by atoms with Gasteiger partial charge in [0.05, 0.1) is 5.56 Å². The fraction of sp³-hybridized carbons (Fsp3) is 0.235. The Morgan fingerprint density at radius 1 is 1.15 bits per heavy atom. The maximum atomic E-state index is 11.2. The van der Waals surface area contributed by atoms with Gasteiger partial charge in [0.25, 0.3) is 0 Å². The number of hydrogen-bond acceptors (Lipinski definition) is 2. The Kier molecular flexibility index (Phi) is 4.53.